The molecule has 0 radical (unpaired) electrons. The van der Waals surface area contributed by atoms with Crippen LogP contribution in [0.5, 0.6) is 11.5 Å². The van der Waals surface area contributed by atoms with Gasteiger partial charge in [-0.3, -0.25) is 10.1 Å². The van der Waals surface area contributed by atoms with Crippen molar-refractivity contribution >= 4 is 22.7 Å². The Kier molecular flexibility index (Phi) is 3.74. The minimum atomic E-state index is -0.922. The van der Waals surface area contributed by atoms with E-state index in [0.29, 0.717) is 5.75 Å². The van der Waals surface area contributed by atoms with Gasteiger partial charge in [0.2, 0.25) is 0 Å². The van der Waals surface area contributed by atoms with E-state index in [1.165, 1.54) is 6.92 Å². The number of urea groups is 1. The molecule has 4 N–H and O–H groups in total. The third kappa shape index (κ3) is 3.17. The molecule has 0 aliphatic rings. The van der Waals surface area contributed by atoms with E-state index in [0.717, 1.165) is 10.8 Å². The van der Waals surface area contributed by atoms with Crippen molar-refractivity contribution in [2.24, 2.45) is 5.73 Å². The van der Waals surface area contributed by atoms with Crippen molar-refractivity contribution in [1.29, 1.82) is 0 Å². The average Bonchev–Trinajstić information content (AvgIpc) is 2.37. The van der Waals surface area contributed by atoms with Crippen LogP contribution in [-0.4, -0.2) is 23.1 Å². The van der Waals surface area contributed by atoms with Crippen LogP contribution in [0.25, 0.3) is 10.8 Å². The molecular weight excluding hydrogens is 260 g/mol. The van der Waals surface area contributed by atoms with E-state index in [1.54, 1.807) is 30.3 Å². The molecule has 2 aromatic carbocycles. The number of aromatic hydroxyl groups is 1. The summed E-state index contributed by atoms with van der Waals surface area (Å²) in [7, 11) is 0. The molecule has 0 bridgehead atoms. The van der Waals surface area contributed by atoms with E-state index < -0.39 is 18.0 Å². The summed E-state index contributed by atoms with van der Waals surface area (Å²) in [6.07, 6.45) is -0.864. The van der Waals surface area contributed by atoms with E-state index in [2.05, 4.69) is 0 Å². The van der Waals surface area contributed by atoms with Crippen LogP contribution in [0.3, 0.4) is 0 Å². The summed E-state index contributed by atoms with van der Waals surface area (Å²) in [4.78, 5) is 22.1. The molecule has 0 spiro atoms. The molecule has 2 aromatic rings. The lowest BCUT2D eigenvalue weighted by molar-refractivity contribution is -0.126. The third-order valence-corrected chi connectivity index (χ3v) is 2.72. The summed E-state index contributed by atoms with van der Waals surface area (Å²) >= 11 is 0. The molecule has 0 saturated carbocycles. The lowest BCUT2D eigenvalue weighted by Gasteiger charge is -2.13. The van der Waals surface area contributed by atoms with Crippen LogP contribution in [0.4, 0.5) is 4.79 Å². The maximum absolute atomic E-state index is 11.5. The molecule has 2 rings (SSSR count). The quantitative estimate of drug-likeness (QED) is 0.789. The zero-order valence-electron chi connectivity index (χ0n) is 10.8. The second kappa shape index (κ2) is 5.48. The van der Waals surface area contributed by atoms with Crippen LogP contribution in [0.2, 0.25) is 0 Å². The molecule has 0 saturated heterocycles. The van der Waals surface area contributed by atoms with Crippen molar-refractivity contribution in [3.8, 4) is 11.5 Å². The monoisotopic (exact) mass is 274 g/mol. The highest BCUT2D eigenvalue weighted by Crippen LogP contribution is 2.24. The molecule has 1 unspecified atom stereocenters. The minimum absolute atomic E-state index is 0.147. The number of primary amides is 1. The minimum Gasteiger partial charge on any atom is -0.508 e. The standard InChI is InChI=1S/C14H14N2O4/c1-8(13(18)16-14(15)19)20-12-5-3-9-2-4-11(17)6-10(9)7-12/h2-8,17H,1H3,(H3,15,16,18,19). The third-order valence-electron chi connectivity index (χ3n) is 2.72. The number of ether oxygens (including phenoxy) is 1. The fraction of sp³-hybridized carbons (Fsp3) is 0.143. The summed E-state index contributed by atoms with van der Waals surface area (Å²) < 4.78 is 5.42. The first kappa shape index (κ1) is 13.7. The number of amides is 3. The Balaban J connectivity index is 2.17. The van der Waals surface area contributed by atoms with Crippen molar-refractivity contribution in [1.82, 2.24) is 5.32 Å². The van der Waals surface area contributed by atoms with Crippen molar-refractivity contribution in [3.63, 3.8) is 0 Å². The number of hydrogen-bond acceptors (Lipinski definition) is 4. The van der Waals surface area contributed by atoms with Crippen LogP contribution in [0, 0.1) is 0 Å². The largest absolute Gasteiger partial charge is 0.508 e. The summed E-state index contributed by atoms with van der Waals surface area (Å²) in [6.45, 7) is 1.50. The predicted molar refractivity (Wildman–Crippen MR) is 73.4 cm³/mol. The maximum Gasteiger partial charge on any atom is 0.318 e. The number of hydrogen-bond donors (Lipinski definition) is 3. The van der Waals surface area contributed by atoms with Gasteiger partial charge in [0.15, 0.2) is 6.10 Å². The van der Waals surface area contributed by atoms with E-state index in [9.17, 15) is 14.7 Å². The molecule has 104 valence electrons. The van der Waals surface area contributed by atoms with E-state index >= 15 is 0 Å². The number of nitrogens with one attached hydrogen (secondary N) is 1. The van der Waals surface area contributed by atoms with Gasteiger partial charge in [0.25, 0.3) is 5.91 Å². The number of imide groups is 1. The molecule has 1 atom stereocenters. The number of carbonyl (C=O) groups excluding carboxylic acids is 2. The predicted octanol–water partition coefficient (Wildman–Crippen LogP) is 1.51. The first-order valence-corrected chi connectivity index (χ1v) is 5.95. The molecular formula is C14H14N2O4. The number of carbonyl (C=O) groups is 2. The van der Waals surface area contributed by atoms with Gasteiger partial charge in [0.1, 0.15) is 11.5 Å². The van der Waals surface area contributed by atoms with Gasteiger partial charge >= 0.3 is 6.03 Å². The molecule has 0 aliphatic carbocycles. The Morgan fingerprint density at radius 1 is 1.20 bits per heavy atom. The van der Waals surface area contributed by atoms with Crippen molar-refractivity contribution < 1.29 is 19.4 Å². The first-order valence-electron chi connectivity index (χ1n) is 5.95. The molecule has 6 nitrogen and oxygen atoms in total. The lowest BCUT2D eigenvalue weighted by Crippen LogP contribution is -2.42. The van der Waals surface area contributed by atoms with Gasteiger partial charge in [-0.25, -0.2) is 4.79 Å². The van der Waals surface area contributed by atoms with Crippen LogP contribution in [0.1, 0.15) is 6.92 Å². The highest BCUT2D eigenvalue weighted by Gasteiger charge is 2.16. The molecule has 0 heterocycles. The lowest BCUT2D eigenvalue weighted by atomic mass is 10.1. The topological polar surface area (TPSA) is 102 Å². The zero-order valence-corrected chi connectivity index (χ0v) is 10.8. The van der Waals surface area contributed by atoms with E-state index in [4.69, 9.17) is 10.5 Å². The average molecular weight is 274 g/mol. The first-order chi connectivity index (χ1) is 9.45. The Morgan fingerprint density at radius 2 is 1.90 bits per heavy atom. The second-order valence-electron chi connectivity index (χ2n) is 4.31. The number of phenols is 1. The van der Waals surface area contributed by atoms with Crippen LogP contribution < -0.4 is 15.8 Å². The summed E-state index contributed by atoms with van der Waals surface area (Å²) in [6, 6.07) is 9.24. The summed E-state index contributed by atoms with van der Waals surface area (Å²) in [5.41, 5.74) is 4.86. The number of fused-ring (bicyclic) bond motifs is 1. The van der Waals surface area contributed by atoms with Crippen LogP contribution >= 0.6 is 0 Å². The molecule has 3 amide bonds. The molecule has 0 aromatic heterocycles. The molecule has 6 heteroatoms. The number of nitrogens with two attached hydrogens (primary N) is 1. The van der Waals surface area contributed by atoms with Gasteiger partial charge in [-0.15, -0.1) is 0 Å². The van der Waals surface area contributed by atoms with E-state index in [1.807, 2.05) is 11.4 Å². The van der Waals surface area contributed by atoms with Crippen molar-refractivity contribution in [3.05, 3.63) is 36.4 Å². The van der Waals surface area contributed by atoms with Crippen LogP contribution in [0.15, 0.2) is 36.4 Å². The van der Waals surface area contributed by atoms with Gasteiger partial charge in [-0.2, -0.15) is 0 Å². The Labute approximate surface area is 115 Å². The molecule has 0 fully saturated rings. The number of rotatable bonds is 3. The highest BCUT2D eigenvalue weighted by atomic mass is 16.5. The second-order valence-corrected chi connectivity index (χ2v) is 4.31. The molecule has 0 aliphatic heterocycles. The van der Waals surface area contributed by atoms with Gasteiger partial charge in [0.05, 0.1) is 0 Å². The Bertz CT molecular complexity index is 669. The van der Waals surface area contributed by atoms with Crippen LogP contribution in [-0.2, 0) is 4.79 Å². The summed E-state index contributed by atoms with van der Waals surface area (Å²) in [5, 5.41) is 13.1. The van der Waals surface area contributed by atoms with E-state index in [-0.39, 0.29) is 5.75 Å². The SMILES string of the molecule is CC(Oc1ccc2ccc(O)cc2c1)C(=O)NC(N)=O. The number of phenolic OH excluding ortho intramolecular Hbond substituents is 1. The highest BCUT2D eigenvalue weighted by molar-refractivity contribution is 5.95. The normalized spacial score (nSPS) is 11.8. The van der Waals surface area contributed by atoms with Gasteiger partial charge < -0.3 is 15.6 Å². The smallest absolute Gasteiger partial charge is 0.318 e. The Hall–Kier alpha value is -2.76. The van der Waals surface area contributed by atoms with Crippen molar-refractivity contribution in [2.75, 3.05) is 0 Å². The van der Waals surface area contributed by atoms with Gasteiger partial charge in [-0.1, -0.05) is 12.1 Å². The Morgan fingerprint density at radius 3 is 2.60 bits per heavy atom. The van der Waals surface area contributed by atoms with Gasteiger partial charge in [0, 0.05) is 0 Å². The van der Waals surface area contributed by atoms with Crippen molar-refractivity contribution in [2.45, 2.75) is 13.0 Å². The maximum atomic E-state index is 11.5. The number of benzene rings is 2. The zero-order chi connectivity index (χ0) is 14.7. The fourth-order valence-corrected chi connectivity index (χ4v) is 1.77. The fourth-order valence-electron chi connectivity index (χ4n) is 1.77. The summed E-state index contributed by atoms with van der Waals surface area (Å²) in [5.74, 6) is -0.0158. The molecule has 20 heavy (non-hydrogen) atoms. The van der Waals surface area contributed by atoms with Gasteiger partial charge in [-0.05, 0) is 42.0 Å².